The third-order valence-corrected chi connectivity index (χ3v) is 6.77. The number of nitrogens with zero attached hydrogens (tertiary/aromatic N) is 2. The van der Waals surface area contributed by atoms with Crippen LogP contribution in [0.2, 0.25) is 10.0 Å². The highest BCUT2D eigenvalue weighted by atomic mass is 35.5. The number of halogens is 2. The molecule has 2 heterocycles. The molecule has 0 unspecified atom stereocenters. The molecule has 4 rings (SSSR count). The highest BCUT2D eigenvalue weighted by Crippen LogP contribution is 2.41. The second-order valence-corrected chi connectivity index (χ2v) is 9.07. The molecule has 1 atom stereocenters. The minimum Gasteiger partial charge on any atom is -0.381 e. The predicted molar refractivity (Wildman–Crippen MR) is 125 cm³/mol. The van der Waals surface area contributed by atoms with Crippen LogP contribution in [0.4, 0.5) is 11.4 Å². The first-order valence-electron chi connectivity index (χ1n) is 10.4. The number of ether oxygens (including phenoxy) is 1. The maximum atomic E-state index is 13.1. The summed E-state index contributed by atoms with van der Waals surface area (Å²) < 4.78 is 5.41. The van der Waals surface area contributed by atoms with E-state index in [1.807, 2.05) is 50.2 Å². The van der Waals surface area contributed by atoms with Crippen LogP contribution in [0.25, 0.3) is 0 Å². The van der Waals surface area contributed by atoms with Crippen molar-refractivity contribution in [2.75, 3.05) is 18.5 Å². The Morgan fingerprint density at radius 2 is 1.97 bits per heavy atom. The first-order valence-corrected chi connectivity index (χ1v) is 11.1. The van der Waals surface area contributed by atoms with Crippen LogP contribution < -0.4 is 11.1 Å². The van der Waals surface area contributed by atoms with E-state index in [-0.39, 0.29) is 24.3 Å². The van der Waals surface area contributed by atoms with Crippen LogP contribution in [0.15, 0.2) is 41.4 Å². The van der Waals surface area contributed by atoms with Crippen LogP contribution in [0.5, 0.6) is 0 Å². The van der Waals surface area contributed by atoms with Gasteiger partial charge in [0.15, 0.2) is 5.96 Å². The molecule has 8 heteroatoms. The number of nitrogens with two attached hydrogens (primary N) is 1. The number of hydrogen-bond acceptors (Lipinski definition) is 5. The van der Waals surface area contributed by atoms with Gasteiger partial charge in [0.1, 0.15) is 0 Å². The Morgan fingerprint density at radius 3 is 2.65 bits per heavy atom. The van der Waals surface area contributed by atoms with E-state index in [0.29, 0.717) is 28.9 Å². The number of carbonyl (C=O) groups excluding carboxylic acids is 1. The number of nitrogens with one attached hydrogen (secondary N) is 1. The van der Waals surface area contributed by atoms with Crippen molar-refractivity contribution in [3.05, 3.63) is 57.6 Å². The van der Waals surface area contributed by atoms with Crippen molar-refractivity contribution < 1.29 is 9.53 Å². The van der Waals surface area contributed by atoms with Gasteiger partial charge in [0, 0.05) is 35.5 Å². The topological polar surface area (TPSA) is 80.0 Å². The quantitative estimate of drug-likeness (QED) is 0.673. The largest absolute Gasteiger partial charge is 0.381 e. The number of guanidine groups is 1. The summed E-state index contributed by atoms with van der Waals surface area (Å²) in [5.41, 5.74) is 8.74. The third-order valence-electron chi connectivity index (χ3n) is 5.96. The zero-order chi connectivity index (χ0) is 22.2. The van der Waals surface area contributed by atoms with E-state index in [0.717, 1.165) is 29.7 Å². The molecule has 3 N–H and O–H groups in total. The summed E-state index contributed by atoms with van der Waals surface area (Å²) in [7, 11) is 0. The normalized spacial score (nSPS) is 22.4. The summed E-state index contributed by atoms with van der Waals surface area (Å²) >= 11 is 13.0. The number of hydrogen-bond donors (Lipinski definition) is 2. The molecule has 2 aliphatic rings. The van der Waals surface area contributed by atoms with Gasteiger partial charge in [-0.1, -0.05) is 41.4 Å². The monoisotopic (exact) mass is 460 g/mol. The second kappa shape index (κ2) is 8.69. The van der Waals surface area contributed by atoms with Gasteiger partial charge in [0.05, 0.1) is 22.7 Å². The lowest BCUT2D eigenvalue weighted by molar-refractivity contribution is -0.132. The standard InChI is InChI=1S/C23H26Cl2N4O2/c1-14-6-7-15(12-18(14)24)27-19-5-3-4-17(21(19)25)23(2)13-20(30)29(22(26)28-23)16-8-10-31-11-9-16/h3-7,12,16,27H,8-11,13H2,1-2H3,(H2,26,28)/t23-/m0/s1. The van der Waals surface area contributed by atoms with Crippen LogP contribution >= 0.6 is 23.2 Å². The maximum Gasteiger partial charge on any atom is 0.232 e. The van der Waals surface area contributed by atoms with Gasteiger partial charge in [-0.2, -0.15) is 0 Å². The number of carbonyl (C=O) groups is 1. The second-order valence-electron chi connectivity index (χ2n) is 8.28. The van der Waals surface area contributed by atoms with Crippen molar-refractivity contribution in [1.82, 2.24) is 4.90 Å². The summed E-state index contributed by atoms with van der Waals surface area (Å²) in [4.78, 5) is 19.5. The summed E-state index contributed by atoms with van der Waals surface area (Å²) in [5, 5.41) is 4.49. The molecule has 6 nitrogen and oxygen atoms in total. The molecule has 2 aromatic carbocycles. The molecule has 1 saturated heterocycles. The average Bonchev–Trinajstić information content (AvgIpc) is 2.72. The minimum absolute atomic E-state index is 0.0318. The lowest BCUT2D eigenvalue weighted by atomic mass is 9.86. The first-order chi connectivity index (χ1) is 14.8. The highest BCUT2D eigenvalue weighted by molar-refractivity contribution is 6.34. The molecule has 0 bridgehead atoms. The summed E-state index contributed by atoms with van der Waals surface area (Å²) in [5.74, 6) is 0.201. The van der Waals surface area contributed by atoms with Gasteiger partial charge in [-0.3, -0.25) is 9.69 Å². The molecule has 0 radical (unpaired) electrons. The molecule has 1 fully saturated rings. The van der Waals surface area contributed by atoms with Crippen molar-refractivity contribution >= 4 is 46.4 Å². The van der Waals surface area contributed by atoms with Crippen LogP contribution in [-0.2, 0) is 15.1 Å². The molecule has 1 amide bonds. The van der Waals surface area contributed by atoms with Crippen molar-refractivity contribution in [3.8, 4) is 0 Å². The van der Waals surface area contributed by atoms with Gasteiger partial charge in [-0.05, 0) is 50.5 Å². The van der Waals surface area contributed by atoms with E-state index in [1.54, 1.807) is 4.90 Å². The lowest BCUT2D eigenvalue weighted by Gasteiger charge is -2.40. The van der Waals surface area contributed by atoms with Gasteiger partial charge < -0.3 is 15.8 Å². The molecule has 31 heavy (non-hydrogen) atoms. The first kappa shape index (κ1) is 21.9. The number of aryl methyl sites for hydroxylation is 1. The van der Waals surface area contributed by atoms with Crippen molar-refractivity contribution in [2.24, 2.45) is 10.7 Å². The Morgan fingerprint density at radius 1 is 1.23 bits per heavy atom. The average molecular weight is 461 g/mol. The van der Waals surface area contributed by atoms with E-state index >= 15 is 0 Å². The lowest BCUT2D eigenvalue weighted by Crippen LogP contribution is -2.55. The Balaban J connectivity index is 1.64. The molecule has 0 aliphatic carbocycles. The molecule has 0 aromatic heterocycles. The molecule has 0 saturated carbocycles. The van der Waals surface area contributed by atoms with Gasteiger partial charge in [-0.25, -0.2) is 4.99 Å². The highest BCUT2D eigenvalue weighted by Gasteiger charge is 2.41. The molecular weight excluding hydrogens is 435 g/mol. The molecular formula is C23H26Cl2N4O2. The van der Waals surface area contributed by atoms with Gasteiger partial charge in [0.25, 0.3) is 0 Å². The molecule has 164 valence electrons. The van der Waals surface area contributed by atoms with Gasteiger partial charge in [-0.15, -0.1) is 0 Å². The zero-order valence-corrected chi connectivity index (χ0v) is 19.1. The van der Waals surface area contributed by atoms with E-state index in [1.165, 1.54) is 0 Å². The van der Waals surface area contributed by atoms with E-state index in [4.69, 9.17) is 38.7 Å². The van der Waals surface area contributed by atoms with E-state index in [2.05, 4.69) is 5.32 Å². The number of aliphatic imine (C=N–C) groups is 1. The number of benzene rings is 2. The van der Waals surface area contributed by atoms with Crippen LogP contribution in [0.3, 0.4) is 0 Å². The van der Waals surface area contributed by atoms with Crippen LogP contribution in [0, 0.1) is 6.92 Å². The van der Waals surface area contributed by atoms with Crippen LogP contribution in [-0.4, -0.2) is 36.0 Å². The maximum absolute atomic E-state index is 13.1. The van der Waals surface area contributed by atoms with E-state index in [9.17, 15) is 4.79 Å². The molecule has 0 spiro atoms. The fraction of sp³-hybridized carbons (Fsp3) is 0.391. The SMILES string of the molecule is Cc1ccc(Nc2cccc([C@]3(C)CC(=O)N(C4CCOCC4)C(N)=N3)c2Cl)cc1Cl. The Bertz CT molecular complexity index is 1040. The Kier molecular flexibility index (Phi) is 6.15. The van der Waals surface area contributed by atoms with Crippen molar-refractivity contribution in [3.63, 3.8) is 0 Å². The number of rotatable bonds is 4. The zero-order valence-electron chi connectivity index (χ0n) is 17.6. The van der Waals surface area contributed by atoms with E-state index < -0.39 is 5.54 Å². The summed E-state index contributed by atoms with van der Waals surface area (Å²) in [6.45, 7) is 5.10. The van der Waals surface area contributed by atoms with Crippen molar-refractivity contribution in [1.29, 1.82) is 0 Å². The van der Waals surface area contributed by atoms with Crippen LogP contribution in [0.1, 0.15) is 37.3 Å². The Hall–Kier alpha value is -2.28. The minimum atomic E-state index is -0.845. The number of anilines is 2. The predicted octanol–water partition coefficient (Wildman–Crippen LogP) is 4.99. The smallest absolute Gasteiger partial charge is 0.232 e. The molecule has 2 aromatic rings. The third kappa shape index (κ3) is 4.38. The fourth-order valence-electron chi connectivity index (χ4n) is 4.21. The molecule has 2 aliphatic heterocycles. The van der Waals surface area contributed by atoms with Gasteiger partial charge >= 0.3 is 0 Å². The summed E-state index contributed by atoms with van der Waals surface area (Å²) in [6.07, 6.45) is 1.72. The van der Waals surface area contributed by atoms with Gasteiger partial charge in [0.2, 0.25) is 5.91 Å². The summed E-state index contributed by atoms with van der Waals surface area (Å²) in [6, 6.07) is 11.4. The number of amides is 1. The Labute approximate surface area is 192 Å². The van der Waals surface area contributed by atoms with Crippen molar-refractivity contribution in [2.45, 2.75) is 44.7 Å². The fourth-order valence-corrected chi connectivity index (χ4v) is 4.77.